The van der Waals surface area contributed by atoms with E-state index in [1.165, 1.54) is 0 Å². The summed E-state index contributed by atoms with van der Waals surface area (Å²) in [5.74, 6) is -0.0780. The smallest absolute Gasteiger partial charge is 0.214 e. The average Bonchev–Trinajstić information content (AvgIpc) is 2.91. The lowest BCUT2D eigenvalue weighted by Crippen LogP contribution is -2.50. The van der Waals surface area contributed by atoms with E-state index in [4.69, 9.17) is 11.6 Å². The highest BCUT2D eigenvalue weighted by molar-refractivity contribution is 6.30. The van der Waals surface area contributed by atoms with E-state index in [1.807, 2.05) is 96.9 Å². The first-order valence-electron chi connectivity index (χ1n) is 12.1. The lowest BCUT2D eigenvalue weighted by atomic mass is 9.70. The molecule has 5 rings (SSSR count). The van der Waals surface area contributed by atoms with Crippen LogP contribution in [0.2, 0.25) is 5.02 Å². The number of nitrogens with zero attached hydrogens (tertiary/aromatic N) is 2. The van der Waals surface area contributed by atoms with Gasteiger partial charge in [-0.05, 0) is 85.5 Å². The van der Waals surface area contributed by atoms with E-state index in [2.05, 4.69) is 12.1 Å². The molecule has 0 atom stereocenters. The van der Waals surface area contributed by atoms with Gasteiger partial charge >= 0.3 is 0 Å². The molecule has 0 heterocycles. The van der Waals surface area contributed by atoms with Gasteiger partial charge in [-0.3, -0.25) is 9.59 Å². The third kappa shape index (κ3) is 4.40. The Kier molecular flexibility index (Phi) is 6.62. The van der Waals surface area contributed by atoms with Crippen molar-refractivity contribution in [3.05, 3.63) is 125 Å². The Morgan fingerprint density at radius 2 is 1.42 bits per heavy atom. The minimum absolute atomic E-state index is 0.0780. The van der Waals surface area contributed by atoms with Crippen LogP contribution < -0.4 is 9.80 Å². The lowest BCUT2D eigenvalue weighted by molar-refractivity contribution is -0.109. The van der Waals surface area contributed by atoms with Crippen LogP contribution in [-0.2, 0) is 10.3 Å². The molecule has 1 aliphatic rings. The standard InChI is InChI=1S/C31H27ClN2O2/c1-33(28-17-13-26(32)14-18-28)27-15-11-23(12-16-27)30(36)24-7-5-10-29(21-24)34(22-35)31(19-6-20-31)25-8-3-2-4-9-25/h2-5,7-18,21-22H,6,19-20H2,1H3. The molecule has 4 aromatic rings. The lowest BCUT2D eigenvalue weighted by Gasteiger charge is -2.49. The van der Waals surface area contributed by atoms with Gasteiger partial charge < -0.3 is 9.80 Å². The van der Waals surface area contributed by atoms with Crippen molar-refractivity contribution in [1.82, 2.24) is 0 Å². The second kappa shape index (κ2) is 10.00. The van der Waals surface area contributed by atoms with Crippen molar-refractivity contribution in [3.8, 4) is 0 Å². The van der Waals surface area contributed by atoms with Crippen molar-refractivity contribution in [3.63, 3.8) is 0 Å². The second-order valence-electron chi connectivity index (χ2n) is 9.19. The zero-order valence-electron chi connectivity index (χ0n) is 20.1. The first-order valence-corrected chi connectivity index (χ1v) is 12.4. The van der Waals surface area contributed by atoms with Crippen LogP contribution in [0.4, 0.5) is 17.1 Å². The van der Waals surface area contributed by atoms with Crippen LogP contribution >= 0.6 is 11.6 Å². The summed E-state index contributed by atoms with van der Waals surface area (Å²) in [7, 11) is 1.97. The molecule has 180 valence electrons. The summed E-state index contributed by atoms with van der Waals surface area (Å²) in [6, 6.07) is 32.7. The summed E-state index contributed by atoms with van der Waals surface area (Å²) < 4.78 is 0. The molecule has 1 aliphatic carbocycles. The maximum absolute atomic E-state index is 13.4. The van der Waals surface area contributed by atoms with E-state index in [1.54, 1.807) is 11.0 Å². The van der Waals surface area contributed by atoms with Crippen molar-refractivity contribution < 1.29 is 9.59 Å². The van der Waals surface area contributed by atoms with Gasteiger partial charge in [-0.2, -0.15) is 0 Å². The number of carbonyl (C=O) groups is 2. The second-order valence-corrected chi connectivity index (χ2v) is 9.62. The topological polar surface area (TPSA) is 40.6 Å². The number of benzene rings is 4. The molecule has 36 heavy (non-hydrogen) atoms. The zero-order chi connectivity index (χ0) is 25.1. The molecule has 0 saturated heterocycles. The van der Waals surface area contributed by atoms with Crippen molar-refractivity contribution in [2.75, 3.05) is 16.8 Å². The van der Waals surface area contributed by atoms with Gasteiger partial charge in [-0.15, -0.1) is 0 Å². The van der Waals surface area contributed by atoms with Crippen LogP contribution in [-0.4, -0.2) is 19.2 Å². The highest BCUT2D eigenvalue weighted by Crippen LogP contribution is 2.47. The molecule has 0 spiro atoms. The van der Waals surface area contributed by atoms with E-state index in [9.17, 15) is 9.59 Å². The van der Waals surface area contributed by atoms with Crippen LogP contribution in [0, 0.1) is 0 Å². The Bertz CT molecular complexity index is 1360. The molecule has 5 heteroatoms. The Labute approximate surface area is 216 Å². The molecular formula is C31H27ClN2O2. The van der Waals surface area contributed by atoms with Crippen LogP contribution in [0.5, 0.6) is 0 Å². The van der Waals surface area contributed by atoms with Crippen molar-refractivity contribution in [2.45, 2.75) is 24.8 Å². The molecule has 0 unspecified atom stereocenters. The molecule has 4 nitrogen and oxygen atoms in total. The number of hydrogen-bond acceptors (Lipinski definition) is 3. The summed E-state index contributed by atoms with van der Waals surface area (Å²) in [5.41, 5.74) is 4.62. The van der Waals surface area contributed by atoms with E-state index >= 15 is 0 Å². The fraction of sp³-hybridized carbons (Fsp3) is 0.161. The molecule has 0 N–H and O–H groups in total. The normalized spacial score (nSPS) is 13.9. The van der Waals surface area contributed by atoms with Gasteiger partial charge in [0.2, 0.25) is 6.41 Å². The fourth-order valence-electron chi connectivity index (χ4n) is 4.95. The summed E-state index contributed by atoms with van der Waals surface area (Å²) >= 11 is 6.01. The largest absolute Gasteiger partial charge is 0.345 e. The van der Waals surface area contributed by atoms with Crippen LogP contribution in [0.1, 0.15) is 40.7 Å². The van der Waals surface area contributed by atoms with Gasteiger partial charge in [0.25, 0.3) is 0 Å². The molecule has 0 bridgehead atoms. The Hall–Kier alpha value is -3.89. The Morgan fingerprint density at radius 1 is 0.778 bits per heavy atom. The summed E-state index contributed by atoms with van der Waals surface area (Å²) in [4.78, 5) is 29.5. The van der Waals surface area contributed by atoms with Gasteiger partial charge in [-0.25, -0.2) is 0 Å². The number of hydrogen-bond donors (Lipinski definition) is 0. The summed E-state index contributed by atoms with van der Waals surface area (Å²) in [6.45, 7) is 0. The number of carbonyl (C=O) groups excluding carboxylic acids is 2. The molecule has 4 aromatic carbocycles. The maximum Gasteiger partial charge on any atom is 0.214 e. The SMILES string of the molecule is CN(c1ccc(Cl)cc1)c1ccc(C(=O)c2cccc(N(C=O)C3(c4ccccc4)CCC3)c2)cc1. The highest BCUT2D eigenvalue weighted by atomic mass is 35.5. The number of ketones is 1. The summed E-state index contributed by atoms with van der Waals surface area (Å²) in [5, 5.41) is 0.690. The number of rotatable bonds is 8. The van der Waals surface area contributed by atoms with Crippen LogP contribution in [0.15, 0.2) is 103 Å². The molecule has 0 aliphatic heterocycles. The Morgan fingerprint density at radius 3 is 2.00 bits per heavy atom. The molecule has 1 fully saturated rings. The predicted molar refractivity (Wildman–Crippen MR) is 146 cm³/mol. The third-order valence-electron chi connectivity index (χ3n) is 7.18. The maximum atomic E-state index is 13.4. The first kappa shape index (κ1) is 23.8. The highest BCUT2D eigenvalue weighted by Gasteiger charge is 2.44. The van der Waals surface area contributed by atoms with Gasteiger partial charge in [-0.1, -0.05) is 54.1 Å². The van der Waals surface area contributed by atoms with Gasteiger partial charge in [0.1, 0.15) is 0 Å². The van der Waals surface area contributed by atoms with E-state index in [-0.39, 0.29) is 11.3 Å². The fourth-order valence-corrected chi connectivity index (χ4v) is 5.08. The van der Waals surface area contributed by atoms with Gasteiger partial charge in [0.05, 0.1) is 5.54 Å². The Balaban J connectivity index is 1.39. The van der Waals surface area contributed by atoms with E-state index in [0.29, 0.717) is 16.1 Å². The van der Waals surface area contributed by atoms with Crippen LogP contribution in [0.25, 0.3) is 0 Å². The van der Waals surface area contributed by atoms with Gasteiger partial charge in [0.15, 0.2) is 5.78 Å². The van der Waals surface area contributed by atoms with E-state index < -0.39 is 0 Å². The minimum Gasteiger partial charge on any atom is -0.345 e. The van der Waals surface area contributed by atoms with Crippen molar-refractivity contribution in [1.29, 1.82) is 0 Å². The monoisotopic (exact) mass is 494 g/mol. The quantitative estimate of drug-likeness (QED) is 0.189. The summed E-state index contributed by atoms with van der Waals surface area (Å²) in [6.07, 6.45) is 3.76. The third-order valence-corrected chi connectivity index (χ3v) is 7.43. The van der Waals surface area contributed by atoms with Crippen LogP contribution in [0.3, 0.4) is 0 Å². The first-order chi connectivity index (χ1) is 17.5. The van der Waals surface area contributed by atoms with E-state index in [0.717, 1.165) is 48.3 Å². The predicted octanol–water partition coefficient (Wildman–Crippen LogP) is 7.38. The van der Waals surface area contributed by atoms with Crippen molar-refractivity contribution in [2.24, 2.45) is 0 Å². The molecule has 1 saturated carbocycles. The molecule has 0 radical (unpaired) electrons. The zero-order valence-corrected chi connectivity index (χ0v) is 20.9. The number of amides is 1. The number of anilines is 3. The van der Waals surface area contributed by atoms with Crippen molar-refractivity contribution >= 4 is 40.9 Å². The average molecular weight is 495 g/mol. The number of halogens is 1. The molecule has 1 amide bonds. The minimum atomic E-state index is -0.363. The van der Waals surface area contributed by atoms with Gasteiger partial charge in [0, 0.05) is 40.3 Å². The molecular weight excluding hydrogens is 468 g/mol. The molecule has 0 aromatic heterocycles.